The fraction of sp³-hybridized carbons (Fsp3) is 0.529. The van der Waals surface area contributed by atoms with E-state index < -0.39 is 28.3 Å². The number of rotatable bonds is 7. The molecule has 1 aromatic carbocycles. The van der Waals surface area contributed by atoms with Gasteiger partial charge in [-0.25, -0.2) is 13.2 Å². The van der Waals surface area contributed by atoms with Crippen LogP contribution in [0.1, 0.15) is 23.7 Å². The molecule has 0 N–H and O–H groups in total. The van der Waals surface area contributed by atoms with Crippen molar-refractivity contribution in [2.45, 2.75) is 19.4 Å². The molecular formula is C17H23NO7S. The van der Waals surface area contributed by atoms with Gasteiger partial charge in [-0.3, -0.25) is 4.79 Å². The molecule has 0 saturated carbocycles. The number of sulfone groups is 1. The van der Waals surface area contributed by atoms with Gasteiger partial charge in [0.1, 0.15) is 17.1 Å². The number of benzene rings is 1. The molecule has 0 aliphatic carbocycles. The molecule has 0 unspecified atom stereocenters. The Morgan fingerprint density at radius 1 is 1.23 bits per heavy atom. The Kier molecular flexibility index (Phi) is 6.47. The first-order valence-electron chi connectivity index (χ1n) is 8.20. The lowest BCUT2D eigenvalue weighted by Crippen LogP contribution is -2.43. The number of carbonyl (C=O) groups is 2. The number of methoxy groups -OCH3 is 2. The van der Waals surface area contributed by atoms with E-state index in [0.29, 0.717) is 18.7 Å². The lowest BCUT2D eigenvalue weighted by molar-refractivity contribution is -0.136. The second-order valence-corrected chi connectivity index (χ2v) is 8.11. The van der Waals surface area contributed by atoms with Crippen LogP contribution in [0.5, 0.6) is 11.5 Å². The lowest BCUT2D eigenvalue weighted by Gasteiger charge is -2.26. The molecule has 1 heterocycles. The summed E-state index contributed by atoms with van der Waals surface area (Å²) < 4.78 is 38.5. The molecule has 1 saturated heterocycles. The summed E-state index contributed by atoms with van der Waals surface area (Å²) in [6.45, 7) is 1.65. The summed E-state index contributed by atoms with van der Waals surface area (Å²) in [5.41, 5.74) is 0.174. The van der Waals surface area contributed by atoms with Gasteiger partial charge in [0, 0.05) is 18.7 Å². The Balaban J connectivity index is 2.01. The van der Waals surface area contributed by atoms with Gasteiger partial charge in [0.25, 0.3) is 5.91 Å². The van der Waals surface area contributed by atoms with Crippen molar-refractivity contribution in [2.24, 2.45) is 0 Å². The minimum absolute atomic E-state index is 0.0488. The average Bonchev–Trinajstić information content (AvgIpc) is 2.99. The van der Waals surface area contributed by atoms with Crippen molar-refractivity contribution in [3.63, 3.8) is 0 Å². The fourth-order valence-corrected chi connectivity index (χ4v) is 4.65. The van der Waals surface area contributed by atoms with E-state index in [-0.39, 0.29) is 28.9 Å². The molecule has 1 aliphatic rings. The third kappa shape index (κ3) is 4.66. The highest BCUT2D eigenvalue weighted by molar-refractivity contribution is 7.91. The topological polar surface area (TPSA) is 99.2 Å². The van der Waals surface area contributed by atoms with E-state index in [0.717, 1.165) is 0 Å². The average molecular weight is 385 g/mol. The number of hydrogen-bond donors (Lipinski definition) is 0. The largest absolute Gasteiger partial charge is 0.497 e. The Bertz CT molecular complexity index is 775. The van der Waals surface area contributed by atoms with Crippen LogP contribution in [0, 0.1) is 0 Å². The van der Waals surface area contributed by atoms with Crippen LogP contribution in [0.15, 0.2) is 18.2 Å². The van der Waals surface area contributed by atoms with Gasteiger partial charge >= 0.3 is 5.97 Å². The molecule has 9 heteroatoms. The maximum atomic E-state index is 12.4. The summed E-state index contributed by atoms with van der Waals surface area (Å²) in [4.78, 5) is 26.1. The van der Waals surface area contributed by atoms with E-state index in [1.807, 2.05) is 0 Å². The smallest absolute Gasteiger partial charge is 0.342 e. The number of amides is 1. The standard InChI is InChI=1S/C17H23NO7S/c1-4-18(12-7-8-26(21,22)11-12)16(19)10-25-17(20)14-6-5-13(23-2)9-15(14)24-3/h5-6,9,12H,4,7-8,10-11H2,1-3H3/t12-/m0/s1. The predicted octanol–water partition coefficient (Wildman–Crippen LogP) is 0.896. The SMILES string of the molecule is CCN(C(=O)COC(=O)c1ccc(OC)cc1OC)[C@H]1CCS(=O)(=O)C1. The van der Waals surface area contributed by atoms with E-state index in [4.69, 9.17) is 14.2 Å². The number of carbonyl (C=O) groups excluding carboxylic acids is 2. The highest BCUT2D eigenvalue weighted by atomic mass is 32.2. The van der Waals surface area contributed by atoms with Crippen LogP contribution in [0.3, 0.4) is 0 Å². The summed E-state index contributed by atoms with van der Waals surface area (Å²) in [7, 11) is -0.197. The Hall–Kier alpha value is -2.29. The zero-order valence-corrected chi connectivity index (χ0v) is 15.9. The second kappa shape index (κ2) is 8.39. The van der Waals surface area contributed by atoms with Gasteiger partial charge in [0.15, 0.2) is 16.4 Å². The molecule has 2 rings (SSSR count). The van der Waals surface area contributed by atoms with Gasteiger partial charge in [0.05, 0.1) is 25.7 Å². The minimum atomic E-state index is -3.10. The minimum Gasteiger partial charge on any atom is -0.497 e. The van der Waals surface area contributed by atoms with Crippen LogP contribution >= 0.6 is 0 Å². The van der Waals surface area contributed by atoms with Crippen molar-refractivity contribution >= 4 is 21.7 Å². The number of hydrogen-bond acceptors (Lipinski definition) is 7. The predicted molar refractivity (Wildman–Crippen MR) is 94.3 cm³/mol. The Labute approximate surface area is 152 Å². The molecule has 144 valence electrons. The van der Waals surface area contributed by atoms with Crippen molar-refractivity contribution in [1.82, 2.24) is 4.90 Å². The number of ether oxygens (including phenoxy) is 3. The van der Waals surface area contributed by atoms with Crippen molar-refractivity contribution < 1.29 is 32.2 Å². The monoisotopic (exact) mass is 385 g/mol. The molecule has 1 amide bonds. The quantitative estimate of drug-likeness (QED) is 0.643. The van der Waals surface area contributed by atoms with Crippen LogP contribution < -0.4 is 9.47 Å². The molecule has 0 bridgehead atoms. The molecule has 1 fully saturated rings. The normalized spacial score (nSPS) is 18.2. The molecule has 26 heavy (non-hydrogen) atoms. The van der Waals surface area contributed by atoms with E-state index in [9.17, 15) is 18.0 Å². The van der Waals surface area contributed by atoms with Gasteiger partial charge in [-0.2, -0.15) is 0 Å². The van der Waals surface area contributed by atoms with Crippen LogP contribution in [-0.2, 0) is 19.4 Å². The van der Waals surface area contributed by atoms with E-state index >= 15 is 0 Å². The summed E-state index contributed by atoms with van der Waals surface area (Å²) in [6, 6.07) is 4.25. The van der Waals surface area contributed by atoms with Crippen molar-refractivity contribution in [3.05, 3.63) is 23.8 Å². The van der Waals surface area contributed by atoms with Crippen molar-refractivity contribution in [1.29, 1.82) is 0 Å². The fourth-order valence-electron chi connectivity index (χ4n) is 2.91. The highest BCUT2D eigenvalue weighted by Gasteiger charge is 2.34. The lowest BCUT2D eigenvalue weighted by atomic mass is 10.2. The van der Waals surface area contributed by atoms with Crippen LogP contribution in [0.4, 0.5) is 0 Å². The van der Waals surface area contributed by atoms with Crippen LogP contribution in [0.25, 0.3) is 0 Å². The first-order valence-corrected chi connectivity index (χ1v) is 10.0. The first kappa shape index (κ1) is 20.0. The molecular weight excluding hydrogens is 362 g/mol. The molecule has 0 radical (unpaired) electrons. The molecule has 0 aromatic heterocycles. The summed E-state index contributed by atoms with van der Waals surface area (Å²) in [5.74, 6) is -0.301. The molecule has 0 spiro atoms. The third-order valence-electron chi connectivity index (χ3n) is 4.27. The summed E-state index contributed by atoms with van der Waals surface area (Å²) in [5, 5.41) is 0. The zero-order chi connectivity index (χ0) is 19.3. The number of nitrogens with zero attached hydrogens (tertiary/aromatic N) is 1. The van der Waals surface area contributed by atoms with Gasteiger partial charge in [-0.1, -0.05) is 0 Å². The first-order chi connectivity index (χ1) is 12.3. The third-order valence-corrected chi connectivity index (χ3v) is 6.02. The van der Waals surface area contributed by atoms with Crippen molar-refractivity contribution in [2.75, 3.05) is 38.9 Å². The van der Waals surface area contributed by atoms with Crippen LogP contribution in [-0.4, -0.2) is 70.1 Å². The van der Waals surface area contributed by atoms with Crippen molar-refractivity contribution in [3.8, 4) is 11.5 Å². The maximum Gasteiger partial charge on any atom is 0.342 e. The molecule has 1 aliphatic heterocycles. The Morgan fingerprint density at radius 3 is 2.50 bits per heavy atom. The van der Waals surface area contributed by atoms with Crippen LogP contribution in [0.2, 0.25) is 0 Å². The van der Waals surface area contributed by atoms with Gasteiger partial charge < -0.3 is 19.1 Å². The number of esters is 1. The summed E-state index contributed by atoms with van der Waals surface area (Å²) >= 11 is 0. The van der Waals surface area contributed by atoms with E-state index in [2.05, 4.69) is 0 Å². The van der Waals surface area contributed by atoms with E-state index in [1.165, 1.54) is 25.2 Å². The van der Waals surface area contributed by atoms with E-state index in [1.54, 1.807) is 19.1 Å². The zero-order valence-electron chi connectivity index (χ0n) is 15.1. The molecule has 1 aromatic rings. The van der Waals surface area contributed by atoms with Gasteiger partial charge in [-0.15, -0.1) is 0 Å². The maximum absolute atomic E-state index is 12.4. The highest BCUT2D eigenvalue weighted by Crippen LogP contribution is 2.25. The molecule has 8 nitrogen and oxygen atoms in total. The Morgan fingerprint density at radius 2 is 1.96 bits per heavy atom. The molecule has 1 atom stereocenters. The van der Waals surface area contributed by atoms with Gasteiger partial charge in [-0.05, 0) is 25.5 Å². The number of likely N-dealkylation sites (N-methyl/N-ethyl adjacent to an activating group) is 1. The van der Waals surface area contributed by atoms with Gasteiger partial charge in [0.2, 0.25) is 0 Å². The summed E-state index contributed by atoms with van der Waals surface area (Å²) in [6.07, 6.45) is 0.405. The second-order valence-electron chi connectivity index (χ2n) is 5.88.